The van der Waals surface area contributed by atoms with Crippen LogP contribution in [0.4, 0.5) is 0 Å². The first kappa shape index (κ1) is 12.0. The first-order valence-corrected chi connectivity index (χ1v) is 5.70. The molecule has 0 saturated heterocycles. The molecular weight excluding hydrogens is 182 g/mol. The zero-order valence-corrected chi connectivity index (χ0v) is 9.63. The van der Waals surface area contributed by atoms with E-state index in [1.165, 1.54) is 17.5 Å². The standard InChI is InChI=1S/C14H21N/c1-3-4-5-10-15-11-9-14-8-6-7-13(2)12-14/h3,6-8,12,15H,1,4-5,9-11H2,2H3. The third-order valence-electron chi connectivity index (χ3n) is 2.43. The van der Waals surface area contributed by atoms with Crippen LogP contribution in [0.15, 0.2) is 36.9 Å². The molecule has 1 aromatic rings. The number of benzene rings is 1. The summed E-state index contributed by atoms with van der Waals surface area (Å²) in [5.74, 6) is 0. The van der Waals surface area contributed by atoms with E-state index in [4.69, 9.17) is 0 Å². The molecule has 0 aliphatic carbocycles. The van der Waals surface area contributed by atoms with Crippen LogP contribution in [0.3, 0.4) is 0 Å². The summed E-state index contributed by atoms with van der Waals surface area (Å²) in [5, 5.41) is 3.44. The Balaban J connectivity index is 2.12. The molecule has 0 spiro atoms. The van der Waals surface area contributed by atoms with E-state index in [9.17, 15) is 0 Å². The van der Waals surface area contributed by atoms with Crippen LogP contribution in [0.25, 0.3) is 0 Å². The largest absolute Gasteiger partial charge is 0.316 e. The molecule has 82 valence electrons. The predicted octanol–water partition coefficient (Wildman–Crippen LogP) is 3.09. The summed E-state index contributed by atoms with van der Waals surface area (Å²) in [6, 6.07) is 8.72. The summed E-state index contributed by atoms with van der Waals surface area (Å²) in [6.45, 7) is 8.01. The van der Waals surface area contributed by atoms with Gasteiger partial charge in [0.05, 0.1) is 0 Å². The fourth-order valence-corrected chi connectivity index (χ4v) is 1.60. The van der Waals surface area contributed by atoms with E-state index in [-0.39, 0.29) is 0 Å². The van der Waals surface area contributed by atoms with Gasteiger partial charge in [-0.3, -0.25) is 0 Å². The molecule has 0 aromatic heterocycles. The lowest BCUT2D eigenvalue weighted by molar-refractivity contribution is 0.653. The molecule has 0 fully saturated rings. The quantitative estimate of drug-likeness (QED) is 0.530. The highest BCUT2D eigenvalue weighted by Crippen LogP contribution is 2.03. The minimum atomic E-state index is 1.07. The van der Waals surface area contributed by atoms with Crippen LogP contribution in [0.2, 0.25) is 0 Å². The Labute approximate surface area is 93.2 Å². The molecule has 1 nitrogen and oxygen atoms in total. The van der Waals surface area contributed by atoms with Gasteiger partial charge < -0.3 is 5.32 Å². The highest BCUT2D eigenvalue weighted by molar-refractivity contribution is 5.22. The first-order valence-electron chi connectivity index (χ1n) is 5.70. The molecule has 0 amide bonds. The minimum Gasteiger partial charge on any atom is -0.316 e. The van der Waals surface area contributed by atoms with Gasteiger partial charge in [-0.15, -0.1) is 6.58 Å². The van der Waals surface area contributed by atoms with Crippen LogP contribution in [0.1, 0.15) is 24.0 Å². The van der Waals surface area contributed by atoms with Crippen molar-refractivity contribution in [1.82, 2.24) is 5.32 Å². The first-order chi connectivity index (χ1) is 7.33. The van der Waals surface area contributed by atoms with E-state index in [1.54, 1.807) is 0 Å². The van der Waals surface area contributed by atoms with Gasteiger partial charge in [0, 0.05) is 0 Å². The van der Waals surface area contributed by atoms with Crippen LogP contribution < -0.4 is 5.32 Å². The third-order valence-corrected chi connectivity index (χ3v) is 2.43. The van der Waals surface area contributed by atoms with Crippen LogP contribution in [-0.4, -0.2) is 13.1 Å². The monoisotopic (exact) mass is 203 g/mol. The van der Waals surface area contributed by atoms with Crippen LogP contribution in [0.5, 0.6) is 0 Å². The van der Waals surface area contributed by atoms with Crippen molar-refractivity contribution >= 4 is 0 Å². The zero-order valence-electron chi connectivity index (χ0n) is 9.63. The van der Waals surface area contributed by atoms with E-state index in [0.29, 0.717) is 0 Å². The van der Waals surface area contributed by atoms with E-state index in [0.717, 1.165) is 25.9 Å². The lowest BCUT2D eigenvalue weighted by atomic mass is 10.1. The molecular formula is C14H21N. The molecule has 15 heavy (non-hydrogen) atoms. The van der Waals surface area contributed by atoms with Crippen LogP contribution in [-0.2, 0) is 6.42 Å². The topological polar surface area (TPSA) is 12.0 Å². The molecule has 0 aliphatic heterocycles. The Bertz CT molecular complexity index is 291. The predicted molar refractivity (Wildman–Crippen MR) is 67.2 cm³/mol. The number of aryl methyl sites for hydroxylation is 1. The van der Waals surface area contributed by atoms with E-state index in [1.807, 2.05) is 6.08 Å². The average Bonchev–Trinajstić information content (AvgIpc) is 2.23. The Morgan fingerprint density at radius 3 is 2.93 bits per heavy atom. The van der Waals surface area contributed by atoms with Crippen molar-refractivity contribution < 1.29 is 0 Å². The summed E-state index contributed by atoms with van der Waals surface area (Å²) in [4.78, 5) is 0. The summed E-state index contributed by atoms with van der Waals surface area (Å²) in [7, 11) is 0. The second kappa shape index (κ2) is 7.24. The normalized spacial score (nSPS) is 10.2. The van der Waals surface area contributed by atoms with Crippen molar-refractivity contribution in [2.75, 3.05) is 13.1 Å². The van der Waals surface area contributed by atoms with Crippen molar-refractivity contribution in [2.24, 2.45) is 0 Å². The van der Waals surface area contributed by atoms with Gasteiger partial charge in [0.2, 0.25) is 0 Å². The number of nitrogens with one attached hydrogen (secondary N) is 1. The van der Waals surface area contributed by atoms with E-state index < -0.39 is 0 Å². The summed E-state index contributed by atoms with van der Waals surface area (Å²) >= 11 is 0. The van der Waals surface area contributed by atoms with Gasteiger partial charge in [-0.05, 0) is 44.8 Å². The fourth-order valence-electron chi connectivity index (χ4n) is 1.60. The van der Waals surface area contributed by atoms with Gasteiger partial charge in [0.25, 0.3) is 0 Å². The van der Waals surface area contributed by atoms with Gasteiger partial charge in [-0.2, -0.15) is 0 Å². The average molecular weight is 203 g/mol. The number of hydrogen-bond donors (Lipinski definition) is 1. The van der Waals surface area contributed by atoms with Gasteiger partial charge in [0.15, 0.2) is 0 Å². The van der Waals surface area contributed by atoms with Crippen LogP contribution >= 0.6 is 0 Å². The second-order valence-corrected chi connectivity index (χ2v) is 3.92. The molecule has 0 saturated carbocycles. The highest BCUT2D eigenvalue weighted by Gasteiger charge is 1.92. The number of unbranched alkanes of at least 4 members (excludes halogenated alkanes) is 1. The molecule has 0 radical (unpaired) electrons. The maximum absolute atomic E-state index is 3.71. The van der Waals surface area contributed by atoms with Crippen molar-refractivity contribution in [2.45, 2.75) is 26.2 Å². The number of allylic oxidation sites excluding steroid dienone is 1. The van der Waals surface area contributed by atoms with E-state index in [2.05, 4.69) is 43.1 Å². The minimum absolute atomic E-state index is 1.07. The molecule has 1 rings (SSSR count). The van der Waals surface area contributed by atoms with Crippen molar-refractivity contribution in [1.29, 1.82) is 0 Å². The zero-order chi connectivity index (χ0) is 10.9. The third kappa shape index (κ3) is 5.38. The molecule has 0 heterocycles. The van der Waals surface area contributed by atoms with Crippen molar-refractivity contribution in [3.63, 3.8) is 0 Å². The maximum atomic E-state index is 3.71. The molecule has 1 heteroatoms. The highest BCUT2D eigenvalue weighted by atomic mass is 14.8. The van der Waals surface area contributed by atoms with Gasteiger partial charge in [0.1, 0.15) is 0 Å². The van der Waals surface area contributed by atoms with E-state index >= 15 is 0 Å². The maximum Gasteiger partial charge on any atom is -0.000835 e. The molecule has 1 N–H and O–H groups in total. The summed E-state index contributed by atoms with van der Waals surface area (Å²) < 4.78 is 0. The fraction of sp³-hybridized carbons (Fsp3) is 0.429. The Morgan fingerprint density at radius 2 is 2.20 bits per heavy atom. The second-order valence-electron chi connectivity index (χ2n) is 3.92. The molecule has 0 atom stereocenters. The SMILES string of the molecule is C=CCCCNCCc1cccc(C)c1. The molecule has 0 unspecified atom stereocenters. The van der Waals surface area contributed by atoms with Gasteiger partial charge in [-0.25, -0.2) is 0 Å². The lowest BCUT2D eigenvalue weighted by Gasteiger charge is -2.04. The van der Waals surface area contributed by atoms with Crippen molar-refractivity contribution in [3.8, 4) is 0 Å². The Hall–Kier alpha value is -1.08. The van der Waals surface area contributed by atoms with Crippen LogP contribution in [0, 0.1) is 6.92 Å². The molecule has 1 aromatic carbocycles. The Kier molecular flexibility index (Phi) is 5.79. The number of rotatable bonds is 7. The Morgan fingerprint density at radius 1 is 1.33 bits per heavy atom. The van der Waals surface area contributed by atoms with Gasteiger partial charge >= 0.3 is 0 Å². The molecule has 0 aliphatic rings. The molecule has 0 bridgehead atoms. The lowest BCUT2D eigenvalue weighted by Crippen LogP contribution is -2.18. The summed E-state index contributed by atoms with van der Waals surface area (Å²) in [5.41, 5.74) is 2.77. The van der Waals surface area contributed by atoms with Gasteiger partial charge in [-0.1, -0.05) is 35.9 Å². The smallest absolute Gasteiger partial charge is 0.000835 e. The van der Waals surface area contributed by atoms with Crippen molar-refractivity contribution in [3.05, 3.63) is 48.0 Å². The summed E-state index contributed by atoms with van der Waals surface area (Å²) in [6.07, 6.45) is 5.40. The number of hydrogen-bond acceptors (Lipinski definition) is 1.